The van der Waals surface area contributed by atoms with Crippen LogP contribution < -0.4 is 0 Å². The third kappa shape index (κ3) is 4.05. The van der Waals surface area contributed by atoms with Gasteiger partial charge in [0.15, 0.2) is 0 Å². The van der Waals surface area contributed by atoms with Gasteiger partial charge < -0.3 is 14.2 Å². The van der Waals surface area contributed by atoms with Crippen LogP contribution in [0.25, 0.3) is 0 Å². The van der Waals surface area contributed by atoms with Gasteiger partial charge in [0, 0.05) is 19.8 Å². The lowest BCUT2D eigenvalue weighted by Crippen LogP contribution is -2.38. The summed E-state index contributed by atoms with van der Waals surface area (Å²) in [7, 11) is 0. The number of carbonyl (C=O) groups is 2. The number of hydrogen-bond donors (Lipinski definition) is 0. The van der Waals surface area contributed by atoms with E-state index in [-0.39, 0.29) is 29.2 Å². The SMILES string of the molecule is C/C=C1\C(C2(C)CCCC(C)(C)C2)=CC[C@H]2[C@H](OC(C)=O)O[C@H](OC(C)=O)[C@@H]12. The summed E-state index contributed by atoms with van der Waals surface area (Å²) in [5, 5.41) is 0. The van der Waals surface area contributed by atoms with Gasteiger partial charge in [0.2, 0.25) is 12.6 Å². The van der Waals surface area contributed by atoms with E-state index in [1.807, 2.05) is 6.92 Å². The molecule has 0 radical (unpaired) electrons. The molecule has 0 amide bonds. The van der Waals surface area contributed by atoms with Crippen LogP contribution >= 0.6 is 0 Å². The molecule has 28 heavy (non-hydrogen) atoms. The second-order valence-electron chi connectivity index (χ2n) is 9.63. The number of fused-ring (bicyclic) bond motifs is 1. The molecule has 1 unspecified atom stereocenters. The lowest BCUT2D eigenvalue weighted by Gasteiger charge is -2.47. The summed E-state index contributed by atoms with van der Waals surface area (Å²) in [5.74, 6) is -0.919. The van der Waals surface area contributed by atoms with Crippen molar-refractivity contribution in [1.29, 1.82) is 0 Å². The number of allylic oxidation sites excluding steroid dienone is 3. The summed E-state index contributed by atoms with van der Waals surface area (Å²) >= 11 is 0. The summed E-state index contributed by atoms with van der Waals surface area (Å²) in [6.07, 6.45) is 8.54. The van der Waals surface area contributed by atoms with Crippen molar-refractivity contribution in [3.8, 4) is 0 Å². The molecule has 0 bridgehead atoms. The first-order valence-corrected chi connectivity index (χ1v) is 10.4. The van der Waals surface area contributed by atoms with Crippen molar-refractivity contribution in [2.75, 3.05) is 0 Å². The molecule has 0 N–H and O–H groups in total. The Morgan fingerprint density at radius 2 is 1.75 bits per heavy atom. The second-order valence-corrected chi connectivity index (χ2v) is 9.63. The van der Waals surface area contributed by atoms with Gasteiger partial charge in [0.25, 0.3) is 0 Å². The fourth-order valence-electron chi connectivity index (χ4n) is 5.78. The fraction of sp³-hybridized carbons (Fsp3) is 0.739. The van der Waals surface area contributed by atoms with Crippen molar-refractivity contribution < 1.29 is 23.8 Å². The van der Waals surface area contributed by atoms with Crippen LogP contribution in [0.15, 0.2) is 23.3 Å². The van der Waals surface area contributed by atoms with Crippen molar-refractivity contribution >= 4 is 11.9 Å². The number of rotatable bonds is 3. The van der Waals surface area contributed by atoms with E-state index in [9.17, 15) is 9.59 Å². The van der Waals surface area contributed by atoms with Crippen LogP contribution in [-0.4, -0.2) is 24.5 Å². The Morgan fingerprint density at radius 3 is 2.32 bits per heavy atom. The summed E-state index contributed by atoms with van der Waals surface area (Å²) in [6.45, 7) is 11.9. The first-order chi connectivity index (χ1) is 13.1. The third-order valence-electron chi connectivity index (χ3n) is 6.61. The van der Waals surface area contributed by atoms with E-state index in [2.05, 4.69) is 32.9 Å². The van der Waals surface area contributed by atoms with Gasteiger partial charge in [-0.1, -0.05) is 39.3 Å². The molecule has 5 atom stereocenters. The Kier molecular flexibility index (Phi) is 5.77. The van der Waals surface area contributed by atoms with Gasteiger partial charge in [-0.25, -0.2) is 0 Å². The maximum atomic E-state index is 11.7. The van der Waals surface area contributed by atoms with Crippen molar-refractivity contribution in [3.63, 3.8) is 0 Å². The predicted molar refractivity (Wildman–Crippen MR) is 106 cm³/mol. The minimum atomic E-state index is -0.720. The van der Waals surface area contributed by atoms with Crippen molar-refractivity contribution in [2.24, 2.45) is 22.7 Å². The average molecular weight is 391 g/mol. The molecule has 5 heteroatoms. The van der Waals surface area contributed by atoms with Crippen LogP contribution in [0.5, 0.6) is 0 Å². The third-order valence-corrected chi connectivity index (χ3v) is 6.61. The zero-order chi connectivity index (χ0) is 20.7. The Morgan fingerprint density at radius 1 is 1.11 bits per heavy atom. The second kappa shape index (κ2) is 7.66. The highest BCUT2D eigenvalue weighted by Crippen LogP contribution is 2.56. The largest absolute Gasteiger partial charge is 0.435 e. The summed E-state index contributed by atoms with van der Waals surface area (Å²) < 4.78 is 16.8. The van der Waals surface area contributed by atoms with Gasteiger partial charge in [0.1, 0.15) is 0 Å². The van der Waals surface area contributed by atoms with Crippen LogP contribution in [0.2, 0.25) is 0 Å². The van der Waals surface area contributed by atoms with Gasteiger partial charge in [-0.2, -0.15) is 0 Å². The minimum Gasteiger partial charge on any atom is -0.435 e. The lowest BCUT2D eigenvalue weighted by atomic mass is 9.57. The number of hydrogen-bond acceptors (Lipinski definition) is 5. The van der Waals surface area contributed by atoms with Gasteiger partial charge in [0.05, 0.1) is 5.92 Å². The average Bonchev–Trinajstić information content (AvgIpc) is 2.89. The van der Waals surface area contributed by atoms with E-state index >= 15 is 0 Å². The van der Waals surface area contributed by atoms with Gasteiger partial charge in [-0.3, -0.25) is 9.59 Å². The molecule has 0 aromatic rings. The van der Waals surface area contributed by atoms with E-state index in [0.29, 0.717) is 5.41 Å². The monoisotopic (exact) mass is 390 g/mol. The number of esters is 2. The number of ether oxygens (including phenoxy) is 3. The molecular weight excluding hydrogens is 356 g/mol. The molecule has 3 rings (SSSR count). The molecule has 2 fully saturated rings. The quantitative estimate of drug-likeness (QED) is 0.641. The van der Waals surface area contributed by atoms with Gasteiger partial charge in [-0.15, -0.1) is 0 Å². The predicted octanol–water partition coefficient (Wildman–Crippen LogP) is 4.91. The fourth-order valence-corrected chi connectivity index (χ4v) is 5.78. The lowest BCUT2D eigenvalue weighted by molar-refractivity contribution is -0.213. The zero-order valence-corrected chi connectivity index (χ0v) is 18.0. The molecule has 1 saturated heterocycles. The number of carbonyl (C=O) groups excluding carboxylic acids is 2. The maximum Gasteiger partial charge on any atom is 0.304 e. The molecular formula is C23H34O5. The zero-order valence-electron chi connectivity index (χ0n) is 18.0. The van der Waals surface area contributed by atoms with E-state index in [4.69, 9.17) is 14.2 Å². The van der Waals surface area contributed by atoms with Gasteiger partial charge in [-0.05, 0) is 54.6 Å². The smallest absolute Gasteiger partial charge is 0.304 e. The molecule has 0 aromatic heterocycles. The molecule has 5 nitrogen and oxygen atoms in total. The van der Waals surface area contributed by atoms with Crippen LogP contribution in [0, 0.1) is 22.7 Å². The summed E-state index contributed by atoms with van der Waals surface area (Å²) in [6, 6.07) is 0. The Labute approximate surface area is 168 Å². The van der Waals surface area contributed by atoms with E-state index in [1.165, 1.54) is 37.8 Å². The first kappa shape index (κ1) is 21.1. The topological polar surface area (TPSA) is 61.8 Å². The standard InChI is InChI=1S/C23H34O5/c1-7-16-18(23(6)12-8-11-22(4,5)13-23)10-9-17-19(16)21(27-15(3)25)28-20(17)26-14(2)24/h7,10,17,19-21H,8-9,11-13H2,1-6H3/b16-7+/t17-,19+,20-,21+,23?/m1/s1. The maximum absolute atomic E-state index is 11.7. The van der Waals surface area contributed by atoms with Crippen LogP contribution in [0.4, 0.5) is 0 Å². The van der Waals surface area contributed by atoms with Gasteiger partial charge >= 0.3 is 11.9 Å². The molecule has 0 spiro atoms. The molecule has 1 saturated carbocycles. The van der Waals surface area contributed by atoms with Crippen LogP contribution in [0.1, 0.15) is 73.6 Å². The molecule has 1 heterocycles. The molecule has 2 aliphatic carbocycles. The van der Waals surface area contributed by atoms with Crippen molar-refractivity contribution in [1.82, 2.24) is 0 Å². The molecule has 156 valence electrons. The van der Waals surface area contributed by atoms with E-state index in [1.54, 1.807) is 0 Å². The highest BCUT2D eigenvalue weighted by Gasteiger charge is 2.53. The Balaban J connectivity index is 1.96. The first-order valence-electron chi connectivity index (χ1n) is 10.4. The van der Waals surface area contributed by atoms with Crippen LogP contribution in [0.3, 0.4) is 0 Å². The van der Waals surface area contributed by atoms with Crippen LogP contribution in [-0.2, 0) is 23.8 Å². The van der Waals surface area contributed by atoms with E-state index < -0.39 is 12.6 Å². The normalized spacial score (nSPS) is 38.5. The molecule has 0 aromatic carbocycles. The molecule has 3 aliphatic rings. The Bertz CT molecular complexity index is 704. The highest BCUT2D eigenvalue weighted by molar-refractivity contribution is 5.67. The highest BCUT2D eigenvalue weighted by atomic mass is 16.8. The van der Waals surface area contributed by atoms with Crippen molar-refractivity contribution in [2.45, 2.75) is 86.2 Å². The summed E-state index contributed by atoms with van der Waals surface area (Å²) in [5.41, 5.74) is 2.94. The Hall–Kier alpha value is -1.62. The van der Waals surface area contributed by atoms with Crippen molar-refractivity contribution in [3.05, 3.63) is 23.3 Å². The molecule has 1 aliphatic heterocycles. The summed E-state index contributed by atoms with van der Waals surface area (Å²) in [4.78, 5) is 23.2. The minimum absolute atomic E-state index is 0.0385. The van der Waals surface area contributed by atoms with E-state index in [0.717, 1.165) is 19.3 Å².